The molecule has 0 atom stereocenters. The number of hydrogen-bond donors (Lipinski definition) is 0. The molecule has 0 aliphatic rings. The summed E-state index contributed by atoms with van der Waals surface area (Å²) in [5.41, 5.74) is 2.45. The van der Waals surface area contributed by atoms with Crippen LogP contribution < -0.4 is 9.47 Å². The van der Waals surface area contributed by atoms with E-state index in [2.05, 4.69) is 6.07 Å². The lowest BCUT2D eigenvalue weighted by molar-refractivity contribution is 0.297. The average molecular weight is 288 g/mol. The van der Waals surface area contributed by atoms with Crippen molar-refractivity contribution < 1.29 is 9.47 Å². The topological polar surface area (TPSA) is 42.2 Å². The first-order valence-corrected chi connectivity index (χ1v) is 6.48. The SMILES string of the molecule is COc1ccc(C#N)cc1COc1ccc(C)cc1Cl. The standard InChI is InChI=1S/C16H14ClNO2/c1-11-3-5-16(14(17)7-11)20-10-13-8-12(9-18)4-6-15(13)19-2/h3-8H,10H2,1-2H3. The van der Waals surface area contributed by atoms with Gasteiger partial charge >= 0.3 is 0 Å². The van der Waals surface area contributed by atoms with Crippen molar-refractivity contribution in [2.75, 3.05) is 7.11 Å². The second kappa shape index (κ2) is 6.31. The summed E-state index contributed by atoms with van der Waals surface area (Å²) < 4.78 is 11.0. The predicted octanol–water partition coefficient (Wildman–Crippen LogP) is 4.11. The van der Waals surface area contributed by atoms with Crippen molar-refractivity contribution >= 4 is 11.6 Å². The number of ether oxygens (including phenoxy) is 2. The van der Waals surface area contributed by atoms with Crippen molar-refractivity contribution in [3.63, 3.8) is 0 Å². The molecule has 2 rings (SSSR count). The fourth-order valence-electron chi connectivity index (χ4n) is 1.84. The van der Waals surface area contributed by atoms with Crippen LogP contribution in [0.15, 0.2) is 36.4 Å². The summed E-state index contributed by atoms with van der Waals surface area (Å²) in [7, 11) is 1.59. The second-order valence-electron chi connectivity index (χ2n) is 4.36. The molecule has 0 N–H and O–H groups in total. The van der Waals surface area contributed by atoms with Gasteiger partial charge in [0.2, 0.25) is 0 Å². The number of nitrogens with zero attached hydrogens (tertiary/aromatic N) is 1. The maximum Gasteiger partial charge on any atom is 0.138 e. The molecule has 3 nitrogen and oxygen atoms in total. The third-order valence-corrected chi connectivity index (χ3v) is 3.18. The van der Waals surface area contributed by atoms with E-state index in [0.717, 1.165) is 11.1 Å². The van der Waals surface area contributed by atoms with Gasteiger partial charge in [-0.3, -0.25) is 0 Å². The van der Waals surface area contributed by atoms with Gasteiger partial charge < -0.3 is 9.47 Å². The van der Waals surface area contributed by atoms with E-state index in [-0.39, 0.29) is 0 Å². The van der Waals surface area contributed by atoms with E-state index in [1.807, 2.05) is 25.1 Å². The summed E-state index contributed by atoms with van der Waals surface area (Å²) in [5, 5.41) is 9.50. The van der Waals surface area contributed by atoms with Crippen molar-refractivity contribution in [1.82, 2.24) is 0 Å². The summed E-state index contributed by atoms with van der Waals surface area (Å²) >= 11 is 6.12. The molecule has 0 bridgehead atoms. The normalized spacial score (nSPS) is 9.90. The van der Waals surface area contributed by atoms with E-state index in [1.165, 1.54) is 0 Å². The molecule has 0 aliphatic heterocycles. The van der Waals surface area contributed by atoms with Gasteiger partial charge in [0.25, 0.3) is 0 Å². The van der Waals surface area contributed by atoms with Crippen molar-refractivity contribution in [3.05, 3.63) is 58.1 Å². The maximum absolute atomic E-state index is 8.93. The molecule has 0 heterocycles. The first-order valence-electron chi connectivity index (χ1n) is 6.10. The fourth-order valence-corrected chi connectivity index (χ4v) is 2.13. The first-order chi connectivity index (χ1) is 9.63. The van der Waals surface area contributed by atoms with Crippen LogP contribution in [0.2, 0.25) is 5.02 Å². The molecule has 102 valence electrons. The Morgan fingerprint density at radius 2 is 1.90 bits per heavy atom. The summed E-state index contributed by atoms with van der Waals surface area (Å²) in [6.07, 6.45) is 0. The van der Waals surface area contributed by atoms with Gasteiger partial charge in [0.05, 0.1) is 23.8 Å². The summed E-state index contributed by atoms with van der Waals surface area (Å²) in [4.78, 5) is 0. The van der Waals surface area contributed by atoms with Crippen LogP contribution in [0, 0.1) is 18.3 Å². The van der Waals surface area contributed by atoms with E-state index in [1.54, 1.807) is 25.3 Å². The molecular weight excluding hydrogens is 274 g/mol. The molecule has 0 aliphatic carbocycles. The minimum atomic E-state index is 0.293. The molecule has 4 heteroatoms. The second-order valence-corrected chi connectivity index (χ2v) is 4.77. The summed E-state index contributed by atoms with van der Waals surface area (Å²) in [5.74, 6) is 1.30. The number of benzene rings is 2. The Labute approximate surface area is 123 Å². The number of halogens is 1. The largest absolute Gasteiger partial charge is 0.496 e. The first kappa shape index (κ1) is 14.2. The Morgan fingerprint density at radius 1 is 1.15 bits per heavy atom. The smallest absolute Gasteiger partial charge is 0.138 e. The van der Waals surface area contributed by atoms with Crippen LogP contribution >= 0.6 is 11.6 Å². The van der Waals surface area contributed by atoms with Gasteiger partial charge in [-0.1, -0.05) is 17.7 Å². The van der Waals surface area contributed by atoms with Gasteiger partial charge in [0, 0.05) is 5.56 Å². The predicted molar refractivity (Wildman–Crippen MR) is 78.2 cm³/mol. The molecule has 0 saturated carbocycles. The molecule has 0 saturated heterocycles. The van der Waals surface area contributed by atoms with Gasteiger partial charge in [-0.2, -0.15) is 5.26 Å². The summed E-state index contributed by atoms with van der Waals surface area (Å²) in [6, 6.07) is 12.9. The molecule has 0 amide bonds. The highest BCUT2D eigenvalue weighted by atomic mass is 35.5. The maximum atomic E-state index is 8.93. The highest BCUT2D eigenvalue weighted by Crippen LogP contribution is 2.27. The zero-order valence-corrected chi connectivity index (χ0v) is 12.1. The van der Waals surface area contributed by atoms with Crippen LogP contribution in [0.25, 0.3) is 0 Å². The van der Waals surface area contributed by atoms with Crippen LogP contribution in [0.1, 0.15) is 16.7 Å². The Balaban J connectivity index is 2.20. The van der Waals surface area contributed by atoms with E-state index in [4.69, 9.17) is 26.3 Å². The van der Waals surface area contributed by atoms with Crippen molar-refractivity contribution in [2.24, 2.45) is 0 Å². The van der Waals surface area contributed by atoms with Gasteiger partial charge in [0.1, 0.15) is 18.1 Å². The number of hydrogen-bond acceptors (Lipinski definition) is 3. The van der Waals surface area contributed by atoms with Crippen LogP contribution in [0.3, 0.4) is 0 Å². The number of nitriles is 1. The zero-order valence-electron chi connectivity index (χ0n) is 11.3. The van der Waals surface area contributed by atoms with E-state index < -0.39 is 0 Å². The van der Waals surface area contributed by atoms with Crippen molar-refractivity contribution in [2.45, 2.75) is 13.5 Å². The average Bonchev–Trinajstić information content (AvgIpc) is 2.46. The Hall–Kier alpha value is -2.18. The molecule has 0 unspecified atom stereocenters. The van der Waals surface area contributed by atoms with E-state index in [0.29, 0.717) is 28.7 Å². The molecule has 0 spiro atoms. The Morgan fingerprint density at radius 3 is 2.55 bits per heavy atom. The van der Waals surface area contributed by atoms with Crippen molar-refractivity contribution in [3.8, 4) is 17.6 Å². The third-order valence-electron chi connectivity index (χ3n) is 2.88. The van der Waals surface area contributed by atoms with Gasteiger partial charge in [-0.15, -0.1) is 0 Å². The number of rotatable bonds is 4. The fraction of sp³-hybridized carbons (Fsp3) is 0.188. The van der Waals surface area contributed by atoms with Gasteiger partial charge in [-0.05, 0) is 42.8 Å². The van der Waals surface area contributed by atoms with Crippen LogP contribution in [0.5, 0.6) is 11.5 Å². The van der Waals surface area contributed by atoms with Crippen LogP contribution in [0.4, 0.5) is 0 Å². The quantitative estimate of drug-likeness (QED) is 0.850. The molecule has 0 fully saturated rings. The third kappa shape index (κ3) is 3.23. The molecule has 2 aromatic carbocycles. The molecular formula is C16H14ClNO2. The molecule has 2 aromatic rings. The number of methoxy groups -OCH3 is 1. The highest BCUT2D eigenvalue weighted by Gasteiger charge is 2.07. The lowest BCUT2D eigenvalue weighted by Crippen LogP contribution is -2.00. The highest BCUT2D eigenvalue weighted by molar-refractivity contribution is 6.32. The Kier molecular flexibility index (Phi) is 4.49. The van der Waals surface area contributed by atoms with Gasteiger partial charge in [-0.25, -0.2) is 0 Å². The Bertz CT molecular complexity index is 662. The molecule has 0 radical (unpaired) electrons. The number of aryl methyl sites for hydroxylation is 1. The summed E-state index contributed by atoms with van der Waals surface area (Å²) in [6.45, 7) is 2.26. The van der Waals surface area contributed by atoms with Crippen LogP contribution in [-0.2, 0) is 6.61 Å². The monoisotopic (exact) mass is 287 g/mol. The van der Waals surface area contributed by atoms with Gasteiger partial charge in [0.15, 0.2) is 0 Å². The zero-order chi connectivity index (χ0) is 14.5. The minimum Gasteiger partial charge on any atom is -0.496 e. The molecule has 0 aromatic heterocycles. The van der Waals surface area contributed by atoms with E-state index in [9.17, 15) is 0 Å². The molecule has 20 heavy (non-hydrogen) atoms. The van der Waals surface area contributed by atoms with E-state index >= 15 is 0 Å². The van der Waals surface area contributed by atoms with Crippen LogP contribution in [-0.4, -0.2) is 7.11 Å². The lowest BCUT2D eigenvalue weighted by atomic mass is 10.1. The lowest BCUT2D eigenvalue weighted by Gasteiger charge is -2.12. The van der Waals surface area contributed by atoms with Crippen molar-refractivity contribution in [1.29, 1.82) is 5.26 Å². The minimum absolute atomic E-state index is 0.293.